The fourth-order valence-electron chi connectivity index (χ4n) is 1.10. The summed E-state index contributed by atoms with van der Waals surface area (Å²) in [5, 5.41) is 12.4. The lowest BCUT2D eigenvalue weighted by Gasteiger charge is -2.34. The van der Waals surface area contributed by atoms with Crippen LogP contribution in [0.2, 0.25) is 0 Å². The molecule has 2 atom stereocenters. The van der Waals surface area contributed by atoms with Gasteiger partial charge in [0.25, 0.3) is 0 Å². The molecule has 0 unspecified atom stereocenters. The summed E-state index contributed by atoms with van der Waals surface area (Å²) in [6.45, 7) is 4.20. The Labute approximate surface area is 56.3 Å². The summed E-state index contributed by atoms with van der Waals surface area (Å²) >= 11 is 0. The molecule has 0 spiro atoms. The smallest absolute Gasteiger partial charge is 0.0693 e. The van der Waals surface area contributed by atoms with Crippen molar-refractivity contribution in [1.82, 2.24) is 5.32 Å². The molecule has 0 heterocycles. The Hall–Kier alpha value is -0.0800. The highest BCUT2D eigenvalue weighted by Gasteiger charge is 2.28. The molecular weight excluding hydrogens is 114 g/mol. The zero-order chi connectivity index (χ0) is 6.85. The molecule has 1 aliphatic rings. The first-order chi connectivity index (χ1) is 4.20. The van der Waals surface area contributed by atoms with E-state index in [9.17, 15) is 0 Å². The fourth-order valence-corrected chi connectivity index (χ4v) is 1.10. The Morgan fingerprint density at radius 1 is 1.44 bits per heavy atom. The molecule has 2 heteroatoms. The number of aliphatic hydroxyl groups excluding tert-OH is 1. The highest BCUT2D eigenvalue weighted by molar-refractivity contribution is 4.86. The highest BCUT2D eigenvalue weighted by Crippen LogP contribution is 2.19. The third kappa shape index (κ3) is 1.66. The topological polar surface area (TPSA) is 32.3 Å². The van der Waals surface area contributed by atoms with Crippen LogP contribution in [0.15, 0.2) is 0 Å². The quantitative estimate of drug-likeness (QED) is 0.569. The van der Waals surface area contributed by atoms with Crippen LogP contribution in [0.1, 0.15) is 26.7 Å². The van der Waals surface area contributed by atoms with Gasteiger partial charge in [-0.25, -0.2) is 0 Å². The lowest BCUT2D eigenvalue weighted by molar-refractivity contribution is 0.0461. The van der Waals surface area contributed by atoms with E-state index in [-0.39, 0.29) is 6.10 Å². The molecule has 0 aliphatic heterocycles. The second-order valence-corrected chi connectivity index (χ2v) is 3.07. The van der Waals surface area contributed by atoms with Crippen molar-refractivity contribution in [3.05, 3.63) is 0 Å². The number of aliphatic hydroxyl groups is 1. The number of nitrogens with one attached hydrogen (secondary N) is 1. The minimum atomic E-state index is -0.0765. The van der Waals surface area contributed by atoms with Crippen molar-refractivity contribution in [1.29, 1.82) is 0 Å². The zero-order valence-corrected chi connectivity index (χ0v) is 6.09. The van der Waals surface area contributed by atoms with E-state index in [2.05, 4.69) is 19.2 Å². The maximum absolute atomic E-state index is 9.09. The van der Waals surface area contributed by atoms with Crippen molar-refractivity contribution < 1.29 is 5.11 Å². The fraction of sp³-hybridized carbons (Fsp3) is 1.00. The summed E-state index contributed by atoms with van der Waals surface area (Å²) in [6, 6.07) is 0.884. The molecule has 0 aromatic heterocycles. The highest BCUT2D eigenvalue weighted by atomic mass is 16.3. The van der Waals surface area contributed by atoms with Gasteiger partial charge in [-0.05, 0) is 12.8 Å². The second-order valence-electron chi connectivity index (χ2n) is 3.07. The standard InChI is InChI=1S/C7H15NO/c1-5(2)8-6-3-4-7(6)9/h5-9H,3-4H2,1-2H3/t6-,7-/m1/s1. The summed E-state index contributed by atoms with van der Waals surface area (Å²) in [4.78, 5) is 0. The van der Waals surface area contributed by atoms with Crippen LogP contribution >= 0.6 is 0 Å². The molecule has 1 saturated carbocycles. The molecule has 0 aromatic rings. The van der Waals surface area contributed by atoms with Crippen LogP contribution in [-0.2, 0) is 0 Å². The summed E-state index contributed by atoms with van der Waals surface area (Å²) in [5.74, 6) is 0. The molecule has 0 bridgehead atoms. The molecule has 0 saturated heterocycles. The summed E-state index contributed by atoms with van der Waals surface area (Å²) in [7, 11) is 0. The van der Waals surface area contributed by atoms with E-state index < -0.39 is 0 Å². The van der Waals surface area contributed by atoms with Crippen LogP contribution < -0.4 is 5.32 Å². The van der Waals surface area contributed by atoms with Gasteiger partial charge in [-0.1, -0.05) is 13.8 Å². The molecule has 0 aromatic carbocycles. The van der Waals surface area contributed by atoms with Crippen LogP contribution in [0.3, 0.4) is 0 Å². The van der Waals surface area contributed by atoms with Gasteiger partial charge in [-0.2, -0.15) is 0 Å². The van der Waals surface area contributed by atoms with Crippen molar-refractivity contribution in [2.45, 2.75) is 44.9 Å². The van der Waals surface area contributed by atoms with Crippen molar-refractivity contribution in [2.75, 3.05) is 0 Å². The third-order valence-corrected chi connectivity index (χ3v) is 1.79. The van der Waals surface area contributed by atoms with E-state index in [0.29, 0.717) is 12.1 Å². The van der Waals surface area contributed by atoms with E-state index >= 15 is 0 Å². The van der Waals surface area contributed by atoms with Crippen LogP contribution in [0.5, 0.6) is 0 Å². The Morgan fingerprint density at radius 2 is 2.11 bits per heavy atom. The Morgan fingerprint density at radius 3 is 2.22 bits per heavy atom. The Kier molecular flexibility index (Phi) is 2.09. The number of hydrogen-bond acceptors (Lipinski definition) is 2. The minimum Gasteiger partial charge on any atom is -0.392 e. The summed E-state index contributed by atoms with van der Waals surface area (Å²) < 4.78 is 0. The average Bonchev–Trinajstić information content (AvgIpc) is 1.79. The van der Waals surface area contributed by atoms with E-state index in [4.69, 9.17) is 5.11 Å². The SMILES string of the molecule is CC(C)N[C@@H]1CC[C@H]1O. The molecule has 2 N–H and O–H groups in total. The van der Waals surface area contributed by atoms with Gasteiger partial charge >= 0.3 is 0 Å². The lowest BCUT2D eigenvalue weighted by atomic mass is 9.89. The van der Waals surface area contributed by atoms with E-state index in [1.165, 1.54) is 0 Å². The average molecular weight is 129 g/mol. The number of hydrogen-bond donors (Lipinski definition) is 2. The molecule has 1 rings (SSSR count). The molecule has 1 aliphatic carbocycles. The van der Waals surface area contributed by atoms with Gasteiger partial charge < -0.3 is 10.4 Å². The predicted octanol–water partition coefficient (Wildman–Crippen LogP) is 0.508. The van der Waals surface area contributed by atoms with Crippen LogP contribution in [0.4, 0.5) is 0 Å². The molecule has 2 nitrogen and oxygen atoms in total. The third-order valence-electron chi connectivity index (χ3n) is 1.79. The van der Waals surface area contributed by atoms with Gasteiger partial charge in [0.05, 0.1) is 6.10 Å². The van der Waals surface area contributed by atoms with Gasteiger partial charge in [0.15, 0.2) is 0 Å². The Balaban J connectivity index is 2.13. The van der Waals surface area contributed by atoms with Crippen molar-refractivity contribution in [2.24, 2.45) is 0 Å². The van der Waals surface area contributed by atoms with Gasteiger partial charge in [-0.15, -0.1) is 0 Å². The molecular formula is C7H15NO. The second kappa shape index (κ2) is 2.67. The first-order valence-corrected chi connectivity index (χ1v) is 3.64. The van der Waals surface area contributed by atoms with Crippen LogP contribution in [0.25, 0.3) is 0 Å². The largest absolute Gasteiger partial charge is 0.392 e. The summed E-state index contributed by atoms with van der Waals surface area (Å²) in [6.07, 6.45) is 2.04. The van der Waals surface area contributed by atoms with Crippen molar-refractivity contribution in [3.8, 4) is 0 Å². The Bertz CT molecular complexity index is 92.9. The van der Waals surface area contributed by atoms with E-state index in [0.717, 1.165) is 12.8 Å². The lowest BCUT2D eigenvalue weighted by Crippen LogP contribution is -2.50. The van der Waals surface area contributed by atoms with Crippen molar-refractivity contribution in [3.63, 3.8) is 0 Å². The van der Waals surface area contributed by atoms with Crippen LogP contribution in [0, 0.1) is 0 Å². The van der Waals surface area contributed by atoms with Crippen LogP contribution in [-0.4, -0.2) is 23.3 Å². The van der Waals surface area contributed by atoms with Gasteiger partial charge in [0.2, 0.25) is 0 Å². The predicted molar refractivity (Wildman–Crippen MR) is 37.3 cm³/mol. The van der Waals surface area contributed by atoms with Gasteiger partial charge in [0.1, 0.15) is 0 Å². The maximum Gasteiger partial charge on any atom is 0.0693 e. The number of rotatable bonds is 2. The maximum atomic E-state index is 9.09. The molecule has 0 radical (unpaired) electrons. The van der Waals surface area contributed by atoms with Gasteiger partial charge in [0, 0.05) is 12.1 Å². The minimum absolute atomic E-state index is 0.0765. The van der Waals surface area contributed by atoms with E-state index in [1.54, 1.807) is 0 Å². The monoisotopic (exact) mass is 129 g/mol. The van der Waals surface area contributed by atoms with Gasteiger partial charge in [-0.3, -0.25) is 0 Å². The normalized spacial score (nSPS) is 34.7. The molecule has 0 amide bonds. The molecule has 9 heavy (non-hydrogen) atoms. The molecule has 1 fully saturated rings. The molecule has 54 valence electrons. The van der Waals surface area contributed by atoms with Crippen molar-refractivity contribution >= 4 is 0 Å². The summed E-state index contributed by atoms with van der Waals surface area (Å²) in [5.41, 5.74) is 0. The first kappa shape index (κ1) is 7.03. The zero-order valence-electron chi connectivity index (χ0n) is 6.09. The van der Waals surface area contributed by atoms with E-state index in [1.807, 2.05) is 0 Å². The first-order valence-electron chi connectivity index (χ1n) is 3.64.